The number of alkyl halides is 3. The molecule has 5 heterocycles. The highest BCUT2D eigenvalue weighted by molar-refractivity contribution is 6.02. The molecule has 4 aromatic rings. The third-order valence-corrected chi connectivity index (χ3v) is 11.6. The molecule has 4 aliphatic rings. The van der Waals surface area contributed by atoms with Gasteiger partial charge in [0, 0.05) is 50.8 Å². The Hall–Kier alpha value is -4.33. The Morgan fingerprint density at radius 3 is 2.76 bits per heavy atom. The minimum Gasteiger partial charge on any atom is -0.508 e. The van der Waals surface area contributed by atoms with Crippen LogP contribution in [0.15, 0.2) is 30.5 Å². The number of phenols is 1. The molecule has 1 amide bonds. The lowest BCUT2D eigenvalue weighted by Crippen LogP contribution is -2.62. The van der Waals surface area contributed by atoms with Gasteiger partial charge in [0.2, 0.25) is 5.91 Å². The highest BCUT2D eigenvalue weighted by atomic mass is 19.3. The van der Waals surface area contributed by atoms with E-state index in [0.717, 1.165) is 13.0 Å². The maximum atomic E-state index is 17.0. The van der Waals surface area contributed by atoms with Gasteiger partial charge < -0.3 is 20.1 Å². The Bertz CT molecular complexity index is 2050. The Morgan fingerprint density at radius 1 is 1.16 bits per heavy atom. The van der Waals surface area contributed by atoms with Crippen LogP contribution in [0.4, 0.5) is 27.8 Å². The number of aromatic nitrogens is 3. The molecule has 9 nitrogen and oxygen atoms in total. The van der Waals surface area contributed by atoms with E-state index in [2.05, 4.69) is 25.2 Å². The lowest BCUT2D eigenvalue weighted by molar-refractivity contribution is -0.165. The first kappa shape index (κ1) is 32.9. The van der Waals surface area contributed by atoms with E-state index in [1.165, 1.54) is 37.5 Å². The van der Waals surface area contributed by atoms with Crippen LogP contribution in [0.25, 0.3) is 32.9 Å². The molecule has 2 aromatic carbocycles. The number of nitrogens with zero attached hydrogens (tertiary/aromatic N) is 5. The molecular formula is C36H37F5N6O3. The first-order valence-electron chi connectivity index (χ1n) is 17.1. The van der Waals surface area contributed by atoms with E-state index in [1.54, 1.807) is 11.8 Å². The zero-order chi connectivity index (χ0) is 35.2. The first-order valence-corrected chi connectivity index (χ1v) is 17.1. The van der Waals surface area contributed by atoms with Gasteiger partial charge in [-0.25, -0.2) is 22.0 Å². The van der Waals surface area contributed by atoms with Crippen LogP contribution in [0.3, 0.4) is 0 Å². The quantitative estimate of drug-likeness (QED) is 0.229. The van der Waals surface area contributed by atoms with Crippen LogP contribution in [-0.2, 0) is 11.2 Å². The van der Waals surface area contributed by atoms with E-state index in [0.29, 0.717) is 29.3 Å². The Kier molecular flexibility index (Phi) is 7.63. The van der Waals surface area contributed by atoms with Gasteiger partial charge in [-0.05, 0) is 73.2 Å². The second kappa shape index (κ2) is 11.6. The van der Waals surface area contributed by atoms with Crippen LogP contribution < -0.4 is 15.0 Å². The van der Waals surface area contributed by atoms with E-state index < -0.39 is 46.5 Å². The summed E-state index contributed by atoms with van der Waals surface area (Å²) < 4.78 is 84.2. The van der Waals surface area contributed by atoms with Crippen LogP contribution in [0.2, 0.25) is 0 Å². The van der Waals surface area contributed by atoms with Crippen molar-refractivity contribution in [3.8, 4) is 23.0 Å². The minimum absolute atomic E-state index is 0.0341. The van der Waals surface area contributed by atoms with Crippen LogP contribution in [0, 0.1) is 23.0 Å². The van der Waals surface area contributed by atoms with Crippen LogP contribution >= 0.6 is 0 Å². The molecule has 4 atom stereocenters. The first-order chi connectivity index (χ1) is 23.9. The smallest absolute Gasteiger partial charge is 0.319 e. The predicted molar refractivity (Wildman–Crippen MR) is 176 cm³/mol. The van der Waals surface area contributed by atoms with Gasteiger partial charge in [-0.3, -0.25) is 14.7 Å². The van der Waals surface area contributed by atoms with Gasteiger partial charge in [0.1, 0.15) is 46.8 Å². The predicted octanol–water partition coefficient (Wildman–Crippen LogP) is 5.94. The number of carbonyl (C=O) groups excluding carboxylic acids is 1. The summed E-state index contributed by atoms with van der Waals surface area (Å²) in [6.07, 6.45) is 2.52. The van der Waals surface area contributed by atoms with Crippen LogP contribution in [-0.4, -0.2) is 88.3 Å². The molecule has 3 aliphatic heterocycles. The van der Waals surface area contributed by atoms with Gasteiger partial charge in [-0.1, -0.05) is 13.0 Å². The normalized spacial score (nSPS) is 27.3. The number of fused-ring (bicyclic) bond motifs is 5. The lowest BCUT2D eigenvalue weighted by atomic mass is 9.77. The van der Waals surface area contributed by atoms with E-state index in [-0.39, 0.29) is 85.1 Å². The van der Waals surface area contributed by atoms with Gasteiger partial charge in [-0.15, -0.1) is 0 Å². The summed E-state index contributed by atoms with van der Waals surface area (Å²) in [7, 11) is 1.32. The summed E-state index contributed by atoms with van der Waals surface area (Å²) in [6.45, 7) is 2.28. The molecule has 0 radical (unpaired) electrons. The molecular weight excluding hydrogens is 659 g/mol. The maximum Gasteiger partial charge on any atom is 0.319 e. The molecule has 3 saturated heterocycles. The van der Waals surface area contributed by atoms with Crippen molar-refractivity contribution in [2.45, 2.75) is 63.1 Å². The standard InChI is InChI=1S/C36H37F5N6O3/c1-3-23-26(38)6-5-19-11-22(48)12-24(27(19)23)29-28(39)30-25(14-43-29)31(46-15-20-7-9-35(17-46,32(49)42-2)36(20,40)41)45-33(44-30)50-18-34-8-4-10-47(34)16-21(37)13-34/h5-6,11-12,14,20-21,48H,3-4,7-10,13,15-18H2,1-2H3,(H,42,49)/t20?,21-,34+,35?/m1/s1. The maximum absolute atomic E-state index is 17.0. The van der Waals surface area contributed by atoms with Crippen molar-refractivity contribution >= 4 is 33.4 Å². The van der Waals surface area contributed by atoms with Gasteiger partial charge in [0.25, 0.3) is 5.92 Å². The molecule has 4 fully saturated rings. The fraction of sp³-hybridized carbons (Fsp3) is 0.500. The lowest BCUT2D eigenvalue weighted by Gasteiger charge is -2.45. The van der Waals surface area contributed by atoms with Crippen molar-refractivity contribution in [3.05, 3.63) is 47.7 Å². The summed E-state index contributed by atoms with van der Waals surface area (Å²) in [5, 5.41) is 14.0. The van der Waals surface area contributed by atoms with Crippen molar-refractivity contribution in [3.63, 3.8) is 0 Å². The monoisotopic (exact) mass is 696 g/mol. The molecule has 2 aromatic heterocycles. The van der Waals surface area contributed by atoms with Crippen molar-refractivity contribution < 1.29 is 36.6 Å². The summed E-state index contributed by atoms with van der Waals surface area (Å²) in [5.74, 6) is -6.72. The molecule has 2 unspecified atom stereocenters. The fourth-order valence-electron chi connectivity index (χ4n) is 9.14. The molecule has 50 heavy (non-hydrogen) atoms. The summed E-state index contributed by atoms with van der Waals surface area (Å²) in [6, 6.07) is 5.33. The molecule has 14 heteroatoms. The molecule has 8 rings (SSSR count). The van der Waals surface area contributed by atoms with Crippen molar-refractivity contribution in [1.82, 2.24) is 25.2 Å². The Balaban J connectivity index is 1.29. The number of anilines is 1. The van der Waals surface area contributed by atoms with Gasteiger partial charge in [0.15, 0.2) is 5.82 Å². The second-order valence-corrected chi connectivity index (χ2v) is 14.2. The molecule has 0 spiro atoms. The number of hydrogen-bond acceptors (Lipinski definition) is 8. The third-order valence-electron chi connectivity index (χ3n) is 11.6. The SMILES string of the molecule is CCc1c(F)ccc2cc(O)cc(-c3ncc4c(N5CC6CCC(C(=O)NC)(C5)C6(F)F)nc(OC[C@@]56CCCN5C[C@H](F)C6)nc4c3F)c12. The molecule has 2 N–H and O–H groups in total. The van der Waals surface area contributed by atoms with E-state index in [4.69, 9.17) is 4.74 Å². The number of piperidine rings is 1. The Labute approximate surface area is 284 Å². The third kappa shape index (κ3) is 4.73. The number of halogens is 5. The average Bonchev–Trinajstić information content (AvgIpc) is 3.63. The van der Waals surface area contributed by atoms with E-state index in [1.807, 2.05) is 0 Å². The number of carbonyl (C=O) groups is 1. The number of aromatic hydroxyl groups is 1. The summed E-state index contributed by atoms with van der Waals surface area (Å²) >= 11 is 0. The zero-order valence-corrected chi connectivity index (χ0v) is 27.7. The molecule has 2 bridgehead atoms. The largest absolute Gasteiger partial charge is 0.508 e. The number of benzene rings is 2. The van der Waals surface area contributed by atoms with Gasteiger partial charge in [0.05, 0.1) is 10.9 Å². The van der Waals surface area contributed by atoms with Crippen LogP contribution in [0.5, 0.6) is 11.8 Å². The number of pyridine rings is 1. The number of aryl methyl sites for hydroxylation is 1. The van der Waals surface area contributed by atoms with Gasteiger partial charge >= 0.3 is 6.01 Å². The van der Waals surface area contributed by atoms with Crippen molar-refractivity contribution in [2.24, 2.45) is 11.3 Å². The summed E-state index contributed by atoms with van der Waals surface area (Å²) in [5.41, 5.74) is -2.57. The minimum atomic E-state index is -3.28. The van der Waals surface area contributed by atoms with Crippen LogP contribution in [0.1, 0.15) is 44.6 Å². The topological polar surface area (TPSA) is 104 Å². The highest BCUT2D eigenvalue weighted by Crippen LogP contribution is 2.58. The van der Waals surface area contributed by atoms with E-state index >= 15 is 17.6 Å². The number of nitrogens with one attached hydrogen (secondary N) is 1. The fourth-order valence-corrected chi connectivity index (χ4v) is 9.14. The molecule has 1 aliphatic carbocycles. The van der Waals surface area contributed by atoms with Crippen molar-refractivity contribution in [1.29, 1.82) is 0 Å². The highest BCUT2D eigenvalue weighted by Gasteiger charge is 2.69. The summed E-state index contributed by atoms with van der Waals surface area (Å²) in [4.78, 5) is 30.2. The number of rotatable bonds is 7. The number of ether oxygens (including phenoxy) is 1. The number of hydrogen-bond donors (Lipinski definition) is 2. The van der Waals surface area contributed by atoms with Crippen molar-refractivity contribution in [2.75, 3.05) is 44.7 Å². The number of phenolic OH excluding ortho intramolecular Hbond substituents is 1. The van der Waals surface area contributed by atoms with E-state index in [9.17, 15) is 14.3 Å². The van der Waals surface area contributed by atoms with Gasteiger partial charge in [-0.2, -0.15) is 9.97 Å². The second-order valence-electron chi connectivity index (χ2n) is 14.2. The average molecular weight is 697 g/mol. The Morgan fingerprint density at radius 2 is 1.98 bits per heavy atom. The zero-order valence-electron chi connectivity index (χ0n) is 27.7. The number of amides is 1. The molecule has 264 valence electrons. The molecule has 1 saturated carbocycles.